The molecule has 0 aliphatic carbocycles. The van der Waals surface area contributed by atoms with Crippen LogP contribution < -0.4 is 5.32 Å². The van der Waals surface area contributed by atoms with Crippen molar-refractivity contribution in [2.45, 2.75) is 32.4 Å². The first-order valence-electron chi connectivity index (χ1n) is 8.91. The van der Waals surface area contributed by atoms with Crippen molar-refractivity contribution in [2.75, 3.05) is 19.6 Å². The third kappa shape index (κ3) is 5.06. The molecule has 3 nitrogen and oxygen atoms in total. The number of piperidine rings is 1. The van der Waals surface area contributed by atoms with Gasteiger partial charge in [-0.1, -0.05) is 13.0 Å². The molecule has 3 rings (SSSR count). The molecular formula is C20H25F2N3. The maximum Gasteiger partial charge on any atom is 0.126 e. The van der Waals surface area contributed by atoms with Gasteiger partial charge in [-0.15, -0.1) is 0 Å². The molecule has 1 aromatic heterocycles. The molecule has 0 amide bonds. The van der Waals surface area contributed by atoms with Crippen molar-refractivity contribution in [1.29, 1.82) is 0 Å². The molecule has 1 saturated heterocycles. The standard InChI is InChI=1S/C20H25F2N3/c1-15-13-25(14-18-4-2-3-9-23-18)11-8-20(15)24-10-7-16-12-17(21)5-6-19(16)22/h2-6,9,12,15,20,24H,7-8,10-11,13-14H2,1H3/t15-,20+/m1/s1. The summed E-state index contributed by atoms with van der Waals surface area (Å²) < 4.78 is 26.9. The predicted octanol–water partition coefficient (Wildman–Crippen LogP) is 3.40. The maximum atomic E-state index is 13.7. The number of hydrogen-bond acceptors (Lipinski definition) is 3. The number of benzene rings is 1. The number of nitrogens with zero attached hydrogens (tertiary/aromatic N) is 2. The molecule has 2 aromatic rings. The number of halogens is 2. The Morgan fingerprint density at radius 2 is 2.12 bits per heavy atom. The molecule has 0 unspecified atom stereocenters. The molecule has 0 spiro atoms. The second-order valence-corrected chi connectivity index (χ2v) is 6.87. The van der Waals surface area contributed by atoms with E-state index < -0.39 is 0 Å². The van der Waals surface area contributed by atoms with Crippen molar-refractivity contribution in [3.05, 3.63) is 65.5 Å². The van der Waals surface area contributed by atoms with Crippen molar-refractivity contribution >= 4 is 0 Å². The zero-order valence-corrected chi connectivity index (χ0v) is 14.6. The van der Waals surface area contributed by atoms with Crippen LogP contribution in [0, 0.1) is 17.6 Å². The zero-order valence-electron chi connectivity index (χ0n) is 14.6. The van der Waals surface area contributed by atoms with Gasteiger partial charge in [-0.3, -0.25) is 9.88 Å². The first kappa shape index (κ1) is 18.0. The fourth-order valence-electron chi connectivity index (χ4n) is 3.53. The van der Waals surface area contributed by atoms with Crippen LogP contribution in [0.2, 0.25) is 0 Å². The lowest BCUT2D eigenvalue weighted by Gasteiger charge is -2.37. The van der Waals surface area contributed by atoms with Crippen LogP contribution in [0.15, 0.2) is 42.6 Å². The van der Waals surface area contributed by atoms with Gasteiger partial charge in [0, 0.05) is 31.9 Å². The summed E-state index contributed by atoms with van der Waals surface area (Å²) in [5.74, 6) is -0.205. The first-order valence-corrected chi connectivity index (χ1v) is 8.91. The third-order valence-electron chi connectivity index (χ3n) is 4.91. The zero-order chi connectivity index (χ0) is 17.6. The summed E-state index contributed by atoms with van der Waals surface area (Å²) in [6.45, 7) is 5.82. The highest BCUT2D eigenvalue weighted by Crippen LogP contribution is 2.19. The van der Waals surface area contributed by atoms with Gasteiger partial charge in [0.15, 0.2) is 0 Å². The smallest absolute Gasteiger partial charge is 0.126 e. The lowest BCUT2D eigenvalue weighted by molar-refractivity contribution is 0.140. The van der Waals surface area contributed by atoms with E-state index in [1.807, 2.05) is 18.3 Å². The molecule has 5 heteroatoms. The van der Waals surface area contributed by atoms with Crippen LogP contribution in [0.1, 0.15) is 24.6 Å². The van der Waals surface area contributed by atoms with Gasteiger partial charge in [-0.2, -0.15) is 0 Å². The van der Waals surface area contributed by atoms with E-state index in [1.54, 1.807) is 0 Å². The van der Waals surface area contributed by atoms with Crippen molar-refractivity contribution in [3.63, 3.8) is 0 Å². The maximum absolute atomic E-state index is 13.7. The second-order valence-electron chi connectivity index (χ2n) is 6.87. The van der Waals surface area contributed by atoms with E-state index >= 15 is 0 Å². The van der Waals surface area contributed by atoms with E-state index in [0.717, 1.165) is 37.8 Å². The lowest BCUT2D eigenvalue weighted by Crippen LogP contribution is -2.48. The van der Waals surface area contributed by atoms with Gasteiger partial charge in [0.1, 0.15) is 11.6 Å². The summed E-state index contributed by atoms with van der Waals surface area (Å²) in [5.41, 5.74) is 1.54. The highest BCUT2D eigenvalue weighted by Gasteiger charge is 2.25. The Morgan fingerprint density at radius 1 is 1.24 bits per heavy atom. The molecule has 25 heavy (non-hydrogen) atoms. The molecule has 2 atom stereocenters. The number of nitrogens with one attached hydrogen (secondary N) is 1. The van der Waals surface area contributed by atoms with Crippen molar-refractivity contribution in [2.24, 2.45) is 5.92 Å². The Hall–Kier alpha value is -1.85. The molecule has 1 aliphatic heterocycles. The molecule has 1 fully saturated rings. The van der Waals surface area contributed by atoms with Crippen LogP contribution in [0.3, 0.4) is 0 Å². The summed E-state index contributed by atoms with van der Waals surface area (Å²) in [7, 11) is 0. The van der Waals surface area contributed by atoms with Gasteiger partial charge in [-0.05, 0) is 61.2 Å². The van der Waals surface area contributed by atoms with Gasteiger partial charge >= 0.3 is 0 Å². The second kappa shape index (κ2) is 8.50. The number of likely N-dealkylation sites (tertiary alicyclic amines) is 1. The largest absolute Gasteiger partial charge is 0.313 e. The Morgan fingerprint density at radius 3 is 2.88 bits per heavy atom. The first-order chi connectivity index (χ1) is 12.1. The highest BCUT2D eigenvalue weighted by molar-refractivity contribution is 5.19. The fraction of sp³-hybridized carbons (Fsp3) is 0.450. The summed E-state index contributed by atoms with van der Waals surface area (Å²) in [6.07, 6.45) is 3.39. The van der Waals surface area contributed by atoms with Gasteiger partial charge in [0.25, 0.3) is 0 Å². The van der Waals surface area contributed by atoms with E-state index in [4.69, 9.17) is 0 Å². The molecule has 2 heterocycles. The monoisotopic (exact) mass is 345 g/mol. The van der Waals surface area contributed by atoms with Gasteiger partial charge < -0.3 is 5.32 Å². The van der Waals surface area contributed by atoms with E-state index in [0.29, 0.717) is 30.5 Å². The molecule has 0 bridgehead atoms. The minimum atomic E-state index is -0.382. The Labute approximate surface area is 148 Å². The van der Waals surface area contributed by atoms with Crippen LogP contribution in [-0.2, 0) is 13.0 Å². The fourth-order valence-corrected chi connectivity index (χ4v) is 3.53. The van der Waals surface area contributed by atoms with Gasteiger partial charge in [0.2, 0.25) is 0 Å². The molecule has 1 N–H and O–H groups in total. The normalized spacial score (nSPS) is 21.4. The number of pyridine rings is 1. The lowest BCUT2D eigenvalue weighted by atomic mass is 9.93. The van der Waals surface area contributed by atoms with Crippen LogP contribution >= 0.6 is 0 Å². The van der Waals surface area contributed by atoms with Crippen molar-refractivity contribution < 1.29 is 8.78 Å². The summed E-state index contributed by atoms with van der Waals surface area (Å²) in [5, 5.41) is 3.52. The quantitative estimate of drug-likeness (QED) is 0.870. The molecule has 1 aromatic carbocycles. The van der Waals surface area contributed by atoms with Crippen molar-refractivity contribution in [1.82, 2.24) is 15.2 Å². The van der Waals surface area contributed by atoms with Crippen LogP contribution in [0.4, 0.5) is 8.78 Å². The predicted molar refractivity (Wildman–Crippen MR) is 95.1 cm³/mol. The minimum Gasteiger partial charge on any atom is -0.313 e. The SMILES string of the molecule is C[C@@H]1CN(Cc2ccccn2)CC[C@@H]1NCCc1cc(F)ccc1F. The molecule has 0 saturated carbocycles. The van der Waals surface area contributed by atoms with E-state index in [2.05, 4.69) is 28.2 Å². The Kier molecular flexibility index (Phi) is 6.10. The minimum absolute atomic E-state index is 0.332. The molecule has 134 valence electrons. The average Bonchev–Trinajstić information content (AvgIpc) is 2.61. The van der Waals surface area contributed by atoms with Crippen molar-refractivity contribution in [3.8, 4) is 0 Å². The topological polar surface area (TPSA) is 28.2 Å². The average molecular weight is 345 g/mol. The van der Waals surface area contributed by atoms with Gasteiger partial charge in [0.05, 0.1) is 5.69 Å². The summed E-state index contributed by atoms with van der Waals surface area (Å²) in [4.78, 5) is 6.82. The Balaban J connectivity index is 1.45. The van der Waals surface area contributed by atoms with E-state index in [-0.39, 0.29) is 11.6 Å². The van der Waals surface area contributed by atoms with Crippen LogP contribution in [0.25, 0.3) is 0 Å². The van der Waals surface area contributed by atoms with Crippen LogP contribution in [-0.4, -0.2) is 35.6 Å². The summed E-state index contributed by atoms with van der Waals surface area (Å²) in [6, 6.07) is 10.1. The third-order valence-corrected chi connectivity index (χ3v) is 4.91. The molecule has 0 radical (unpaired) electrons. The van der Waals surface area contributed by atoms with Gasteiger partial charge in [-0.25, -0.2) is 8.78 Å². The molecular weight excluding hydrogens is 320 g/mol. The highest BCUT2D eigenvalue weighted by atomic mass is 19.1. The summed E-state index contributed by atoms with van der Waals surface area (Å²) >= 11 is 0. The van der Waals surface area contributed by atoms with Crippen LogP contribution in [0.5, 0.6) is 0 Å². The van der Waals surface area contributed by atoms with E-state index in [9.17, 15) is 8.78 Å². The number of aromatic nitrogens is 1. The number of rotatable bonds is 6. The van der Waals surface area contributed by atoms with E-state index in [1.165, 1.54) is 12.1 Å². The molecule has 1 aliphatic rings. The Bertz CT molecular complexity index is 678. The number of hydrogen-bond donors (Lipinski definition) is 1.